The number of thiophene rings is 1. The highest BCUT2D eigenvalue weighted by molar-refractivity contribution is 7.14. The van der Waals surface area contributed by atoms with Crippen LogP contribution in [0.15, 0.2) is 53.6 Å². The number of nitrogens with one attached hydrogen (secondary N) is 1. The molecule has 0 spiro atoms. The molecule has 3 nitrogen and oxygen atoms in total. The zero-order valence-electron chi connectivity index (χ0n) is 14.2. The van der Waals surface area contributed by atoms with Gasteiger partial charge in [0.05, 0.1) is 11.1 Å². The van der Waals surface area contributed by atoms with Crippen LogP contribution in [0.5, 0.6) is 0 Å². The highest BCUT2D eigenvalue weighted by Crippen LogP contribution is 2.32. The third-order valence-corrected chi connectivity index (χ3v) is 5.94. The number of aryl methyl sites for hydroxylation is 1. The van der Waals surface area contributed by atoms with Crippen molar-refractivity contribution in [3.05, 3.63) is 69.4 Å². The molecule has 1 aliphatic rings. The number of hydrogen-bond acceptors (Lipinski definition) is 3. The van der Waals surface area contributed by atoms with Crippen molar-refractivity contribution in [2.24, 2.45) is 11.0 Å². The number of carbonyl (C=O) groups is 1. The molecule has 4 rings (SSSR count). The van der Waals surface area contributed by atoms with E-state index in [9.17, 15) is 4.79 Å². The minimum absolute atomic E-state index is 0.121. The van der Waals surface area contributed by atoms with Gasteiger partial charge in [-0.1, -0.05) is 43.3 Å². The van der Waals surface area contributed by atoms with Crippen molar-refractivity contribution in [1.82, 2.24) is 5.43 Å². The molecule has 0 saturated carbocycles. The van der Waals surface area contributed by atoms with E-state index in [2.05, 4.69) is 41.7 Å². The Bertz CT molecular complexity index is 957. The maximum Gasteiger partial charge on any atom is 0.281 e. The largest absolute Gasteiger partial charge is 0.281 e. The highest BCUT2D eigenvalue weighted by atomic mass is 32.1. The number of amides is 1. The first-order valence-corrected chi connectivity index (χ1v) is 9.44. The lowest BCUT2D eigenvalue weighted by Gasteiger charge is -2.16. The van der Waals surface area contributed by atoms with Crippen LogP contribution in [0.3, 0.4) is 0 Å². The molecule has 1 atom stereocenters. The predicted octanol–water partition coefficient (Wildman–Crippen LogP) is 4.79. The second kappa shape index (κ2) is 6.81. The molecule has 0 bridgehead atoms. The molecule has 126 valence electrons. The first-order chi connectivity index (χ1) is 12.2. The van der Waals surface area contributed by atoms with Crippen molar-refractivity contribution in [3.8, 4) is 0 Å². The summed E-state index contributed by atoms with van der Waals surface area (Å²) in [6.07, 6.45) is 5.09. The SMILES string of the molecule is C[C@H]1CCc2sc(C(=O)N/N=C\c3ccc4ccccc4c3)cc2C1. The van der Waals surface area contributed by atoms with Gasteiger partial charge >= 0.3 is 0 Å². The molecular weight excluding hydrogens is 328 g/mol. The van der Waals surface area contributed by atoms with Crippen LogP contribution >= 0.6 is 11.3 Å². The molecule has 1 heterocycles. The molecule has 0 radical (unpaired) electrons. The van der Waals surface area contributed by atoms with Gasteiger partial charge in [0, 0.05) is 4.88 Å². The van der Waals surface area contributed by atoms with Gasteiger partial charge in [0.15, 0.2) is 0 Å². The fourth-order valence-corrected chi connectivity index (χ4v) is 4.42. The zero-order valence-corrected chi connectivity index (χ0v) is 15.0. The molecule has 25 heavy (non-hydrogen) atoms. The van der Waals surface area contributed by atoms with Crippen molar-refractivity contribution in [2.75, 3.05) is 0 Å². The van der Waals surface area contributed by atoms with Crippen LogP contribution in [0, 0.1) is 5.92 Å². The molecule has 4 heteroatoms. The lowest BCUT2D eigenvalue weighted by Crippen LogP contribution is -2.16. The number of fused-ring (bicyclic) bond motifs is 2. The summed E-state index contributed by atoms with van der Waals surface area (Å²) in [6, 6.07) is 16.4. The summed E-state index contributed by atoms with van der Waals surface area (Å²) < 4.78 is 0. The number of hydrogen-bond donors (Lipinski definition) is 1. The van der Waals surface area contributed by atoms with E-state index in [0.717, 1.165) is 28.7 Å². The average molecular weight is 348 g/mol. The van der Waals surface area contributed by atoms with Crippen molar-refractivity contribution in [3.63, 3.8) is 0 Å². The summed E-state index contributed by atoms with van der Waals surface area (Å²) in [5, 5.41) is 6.49. The molecule has 1 amide bonds. The molecule has 0 unspecified atom stereocenters. The van der Waals surface area contributed by atoms with Crippen LogP contribution in [0.4, 0.5) is 0 Å². The van der Waals surface area contributed by atoms with Crippen LogP contribution in [-0.4, -0.2) is 12.1 Å². The molecule has 0 saturated heterocycles. The van der Waals surface area contributed by atoms with E-state index in [-0.39, 0.29) is 5.91 Å². The summed E-state index contributed by atoms with van der Waals surface area (Å²) in [7, 11) is 0. The summed E-state index contributed by atoms with van der Waals surface area (Å²) >= 11 is 1.61. The Hall–Kier alpha value is -2.46. The molecular formula is C21H20N2OS. The van der Waals surface area contributed by atoms with E-state index in [0.29, 0.717) is 5.92 Å². The van der Waals surface area contributed by atoms with Gasteiger partial charge in [-0.15, -0.1) is 11.3 Å². The summed E-state index contributed by atoms with van der Waals surface area (Å²) in [5.41, 5.74) is 4.97. The maximum atomic E-state index is 12.3. The van der Waals surface area contributed by atoms with Crippen LogP contribution in [0.25, 0.3) is 10.8 Å². The number of benzene rings is 2. The Morgan fingerprint density at radius 2 is 2.04 bits per heavy atom. The highest BCUT2D eigenvalue weighted by Gasteiger charge is 2.20. The quantitative estimate of drug-likeness (QED) is 0.536. The lowest BCUT2D eigenvalue weighted by molar-refractivity contribution is 0.0959. The van der Waals surface area contributed by atoms with Crippen molar-refractivity contribution in [2.45, 2.75) is 26.2 Å². The van der Waals surface area contributed by atoms with Gasteiger partial charge < -0.3 is 0 Å². The first-order valence-electron chi connectivity index (χ1n) is 8.63. The smallest absolute Gasteiger partial charge is 0.266 e. The standard InChI is InChI=1S/C21H20N2OS/c1-14-6-9-19-18(10-14)12-20(25-19)21(24)23-22-13-15-7-8-16-4-2-3-5-17(16)11-15/h2-5,7-8,11-14H,6,9-10H2,1H3,(H,23,24)/b22-13-/t14-/m0/s1. The summed E-state index contributed by atoms with van der Waals surface area (Å²) in [6.45, 7) is 2.27. The molecule has 0 fully saturated rings. The second-order valence-electron chi connectivity index (χ2n) is 6.71. The van der Waals surface area contributed by atoms with Crippen LogP contribution in [0.1, 0.15) is 39.0 Å². The van der Waals surface area contributed by atoms with Gasteiger partial charge in [-0.05, 0) is 59.2 Å². The van der Waals surface area contributed by atoms with E-state index < -0.39 is 0 Å². The van der Waals surface area contributed by atoms with Gasteiger partial charge in [-0.3, -0.25) is 4.79 Å². The van der Waals surface area contributed by atoms with Gasteiger partial charge in [-0.25, -0.2) is 5.43 Å². The minimum atomic E-state index is -0.121. The molecule has 1 aromatic heterocycles. The first kappa shape index (κ1) is 16.0. The van der Waals surface area contributed by atoms with Crippen LogP contribution in [0.2, 0.25) is 0 Å². The summed E-state index contributed by atoms with van der Waals surface area (Å²) in [5.74, 6) is 0.591. The third-order valence-electron chi connectivity index (χ3n) is 4.71. The summed E-state index contributed by atoms with van der Waals surface area (Å²) in [4.78, 5) is 14.5. The average Bonchev–Trinajstić information content (AvgIpc) is 3.05. The fraction of sp³-hybridized carbons (Fsp3) is 0.238. The molecule has 1 N–H and O–H groups in total. The monoisotopic (exact) mass is 348 g/mol. The Labute approximate surface area is 151 Å². The Balaban J connectivity index is 1.45. The maximum absolute atomic E-state index is 12.3. The van der Waals surface area contributed by atoms with Crippen LogP contribution in [-0.2, 0) is 12.8 Å². The third kappa shape index (κ3) is 3.49. The number of rotatable bonds is 3. The number of hydrazone groups is 1. The van der Waals surface area contributed by atoms with E-state index in [1.165, 1.54) is 22.2 Å². The van der Waals surface area contributed by atoms with Gasteiger partial charge in [0.1, 0.15) is 0 Å². The Kier molecular flexibility index (Phi) is 4.36. The predicted molar refractivity (Wildman–Crippen MR) is 105 cm³/mol. The zero-order chi connectivity index (χ0) is 17.2. The van der Waals surface area contributed by atoms with E-state index in [1.54, 1.807) is 17.6 Å². The van der Waals surface area contributed by atoms with E-state index in [4.69, 9.17) is 0 Å². The number of nitrogens with zero attached hydrogens (tertiary/aromatic N) is 1. The van der Waals surface area contributed by atoms with E-state index >= 15 is 0 Å². The Morgan fingerprint density at radius 3 is 2.92 bits per heavy atom. The van der Waals surface area contributed by atoms with Crippen molar-refractivity contribution in [1.29, 1.82) is 0 Å². The normalized spacial score (nSPS) is 16.9. The molecule has 0 aliphatic heterocycles. The molecule has 2 aromatic carbocycles. The lowest BCUT2D eigenvalue weighted by atomic mass is 9.90. The fourth-order valence-electron chi connectivity index (χ4n) is 3.33. The van der Waals surface area contributed by atoms with Crippen molar-refractivity contribution < 1.29 is 4.79 Å². The minimum Gasteiger partial charge on any atom is -0.266 e. The van der Waals surface area contributed by atoms with Crippen molar-refractivity contribution >= 4 is 34.2 Å². The number of carbonyl (C=O) groups excluding carboxylic acids is 1. The topological polar surface area (TPSA) is 41.5 Å². The molecule has 1 aliphatic carbocycles. The Morgan fingerprint density at radius 1 is 1.20 bits per heavy atom. The van der Waals surface area contributed by atoms with E-state index in [1.807, 2.05) is 24.3 Å². The van der Waals surface area contributed by atoms with Crippen LogP contribution < -0.4 is 5.43 Å². The van der Waals surface area contributed by atoms with Gasteiger partial charge in [-0.2, -0.15) is 5.10 Å². The van der Waals surface area contributed by atoms with Gasteiger partial charge in [0.25, 0.3) is 5.91 Å². The van der Waals surface area contributed by atoms with Gasteiger partial charge in [0.2, 0.25) is 0 Å². The second-order valence-corrected chi connectivity index (χ2v) is 7.85. The molecule has 3 aromatic rings.